The first kappa shape index (κ1) is 21.6. The molecule has 0 saturated carbocycles. The third-order valence-electron chi connectivity index (χ3n) is 2.21. The van der Waals surface area contributed by atoms with Crippen LogP contribution in [0.15, 0.2) is 40.1 Å². The number of thioether (sulfide) groups is 1. The summed E-state index contributed by atoms with van der Waals surface area (Å²) in [5.74, 6) is -0.425. The molecule has 0 unspecified atom stereocenters. The monoisotopic (exact) mass is 377 g/mol. The van der Waals surface area contributed by atoms with E-state index in [1.54, 1.807) is 13.0 Å². The van der Waals surface area contributed by atoms with Crippen molar-refractivity contribution in [3.8, 4) is 0 Å². The number of hydrogen-bond acceptors (Lipinski definition) is 8. The molecular formula is C12H15N3O7S2. The van der Waals surface area contributed by atoms with Crippen LogP contribution in [-0.4, -0.2) is 36.1 Å². The molecule has 132 valence electrons. The molecule has 1 aromatic rings. The molecule has 1 rings (SSSR count). The second-order valence-electron chi connectivity index (χ2n) is 3.85. The molecular weight excluding hydrogens is 362 g/mol. The van der Waals surface area contributed by atoms with Gasteiger partial charge in [-0.3, -0.25) is 21.3 Å². The third-order valence-corrected chi connectivity index (χ3v) is 3.92. The molecule has 4 N–H and O–H groups in total. The standard InChI is InChI=1S/C6H10N2O2S.C6H5NO5S/c1-3-4(5(9)10-2)11-6(7)8;8-7(9)5-1-3-6(4-2-5)13(10,11)12/h3H,1-2H3,(H3,7,8);1-4H,(H,10,11,12)/b4-3-;. The second kappa shape index (κ2) is 9.64. The second-order valence-corrected chi connectivity index (χ2v) is 6.35. The Balaban J connectivity index is 0.000000449. The van der Waals surface area contributed by atoms with Gasteiger partial charge in [-0.15, -0.1) is 0 Å². The van der Waals surface area contributed by atoms with E-state index in [0.29, 0.717) is 4.91 Å². The summed E-state index contributed by atoms with van der Waals surface area (Å²) in [4.78, 5) is 20.2. The first-order valence-corrected chi connectivity index (χ1v) is 8.26. The van der Waals surface area contributed by atoms with Gasteiger partial charge in [0.2, 0.25) is 0 Å². The average molecular weight is 377 g/mol. The van der Waals surface area contributed by atoms with Gasteiger partial charge in [0.05, 0.1) is 16.9 Å². The quantitative estimate of drug-likeness (QED) is 0.131. The van der Waals surface area contributed by atoms with Crippen LogP contribution >= 0.6 is 11.8 Å². The molecule has 0 aliphatic rings. The number of nitrogens with zero attached hydrogens (tertiary/aromatic N) is 1. The highest BCUT2D eigenvalue weighted by Gasteiger charge is 2.12. The maximum Gasteiger partial charge on any atom is 0.344 e. The van der Waals surface area contributed by atoms with E-state index in [0.717, 1.165) is 36.0 Å². The number of carbonyl (C=O) groups excluding carboxylic acids is 1. The molecule has 0 aromatic heterocycles. The molecule has 10 nitrogen and oxygen atoms in total. The molecule has 0 bridgehead atoms. The van der Waals surface area contributed by atoms with E-state index < -0.39 is 25.9 Å². The van der Waals surface area contributed by atoms with Crippen molar-refractivity contribution in [3.63, 3.8) is 0 Å². The number of carbonyl (C=O) groups is 1. The van der Waals surface area contributed by atoms with Gasteiger partial charge in [-0.25, -0.2) is 13.2 Å². The van der Waals surface area contributed by atoms with Crippen molar-refractivity contribution in [2.24, 2.45) is 5.73 Å². The fraction of sp³-hybridized carbons (Fsp3) is 0.167. The summed E-state index contributed by atoms with van der Waals surface area (Å²) in [6.07, 6.45) is 1.59. The lowest BCUT2D eigenvalue weighted by Gasteiger charge is -2.04. The lowest BCUT2D eigenvalue weighted by Crippen LogP contribution is -2.43. The predicted molar refractivity (Wildman–Crippen MR) is 85.5 cm³/mol. The minimum absolute atomic E-state index is 0.128. The number of methoxy groups -OCH3 is 1. The number of hydrogen-bond donors (Lipinski definition) is 2. The molecule has 0 aliphatic carbocycles. The van der Waals surface area contributed by atoms with Gasteiger partial charge in [0.1, 0.15) is 15.0 Å². The molecule has 0 spiro atoms. The van der Waals surface area contributed by atoms with Gasteiger partial charge in [-0.1, -0.05) is 6.08 Å². The third kappa shape index (κ3) is 7.71. The Morgan fingerprint density at radius 3 is 2.17 bits per heavy atom. The number of nitro groups is 1. The largest absolute Gasteiger partial charge is 0.744 e. The molecule has 0 atom stereocenters. The number of allylic oxidation sites excluding steroid dienone is 1. The smallest absolute Gasteiger partial charge is 0.344 e. The van der Waals surface area contributed by atoms with Crippen molar-refractivity contribution >= 4 is 38.7 Å². The van der Waals surface area contributed by atoms with E-state index in [2.05, 4.69) is 4.74 Å². The molecule has 0 amide bonds. The van der Waals surface area contributed by atoms with Crippen molar-refractivity contribution in [1.82, 2.24) is 0 Å². The SMILES string of the molecule is C/C=C(\SC(N)=[NH2+])C(=O)OC.O=[N+]([O-])c1ccc(S(=O)(=O)[O-])cc1. The zero-order valence-electron chi connectivity index (χ0n) is 12.7. The van der Waals surface area contributed by atoms with E-state index in [1.807, 2.05) is 0 Å². The van der Waals surface area contributed by atoms with Crippen LogP contribution in [0.25, 0.3) is 0 Å². The minimum atomic E-state index is -4.52. The van der Waals surface area contributed by atoms with Crippen LogP contribution in [-0.2, 0) is 19.6 Å². The summed E-state index contributed by atoms with van der Waals surface area (Å²) in [6, 6.07) is 3.73. The van der Waals surface area contributed by atoms with Crippen molar-refractivity contribution in [2.45, 2.75) is 11.8 Å². The van der Waals surface area contributed by atoms with Crippen LogP contribution in [0.1, 0.15) is 6.92 Å². The summed E-state index contributed by atoms with van der Waals surface area (Å²) < 4.78 is 35.6. The van der Waals surface area contributed by atoms with Gasteiger partial charge in [0.15, 0.2) is 0 Å². The van der Waals surface area contributed by atoms with Crippen molar-refractivity contribution < 1.29 is 32.8 Å². The van der Waals surface area contributed by atoms with Crippen LogP contribution < -0.4 is 11.1 Å². The fourth-order valence-corrected chi connectivity index (χ4v) is 2.19. The normalized spacial score (nSPS) is 11.0. The molecule has 0 heterocycles. The van der Waals surface area contributed by atoms with E-state index >= 15 is 0 Å². The molecule has 0 fully saturated rings. The first-order valence-electron chi connectivity index (χ1n) is 6.03. The summed E-state index contributed by atoms with van der Waals surface area (Å²) >= 11 is 0.991. The van der Waals surface area contributed by atoms with Gasteiger partial charge in [-0.05, 0) is 19.1 Å². The van der Waals surface area contributed by atoms with E-state index in [-0.39, 0.29) is 10.9 Å². The zero-order chi connectivity index (χ0) is 18.9. The van der Waals surface area contributed by atoms with Gasteiger partial charge in [0, 0.05) is 23.9 Å². The summed E-state index contributed by atoms with van der Waals surface area (Å²) in [6.45, 7) is 1.71. The lowest BCUT2D eigenvalue weighted by atomic mass is 10.3. The van der Waals surface area contributed by atoms with Crippen LogP contribution in [0.3, 0.4) is 0 Å². The number of benzene rings is 1. The Kier molecular flexibility index (Phi) is 8.66. The Hall–Kier alpha value is -2.44. The Morgan fingerprint density at radius 1 is 1.38 bits per heavy atom. The van der Waals surface area contributed by atoms with Crippen molar-refractivity contribution in [2.75, 3.05) is 7.11 Å². The van der Waals surface area contributed by atoms with Crippen LogP contribution in [0.4, 0.5) is 5.69 Å². The minimum Gasteiger partial charge on any atom is -0.744 e. The molecule has 0 aliphatic heterocycles. The number of nitro benzene ring substituents is 1. The number of ether oxygens (including phenoxy) is 1. The van der Waals surface area contributed by atoms with Crippen LogP contribution in [0.5, 0.6) is 0 Å². The summed E-state index contributed by atoms with van der Waals surface area (Å²) in [5, 5.41) is 15.4. The number of non-ortho nitro benzene ring substituents is 1. The van der Waals surface area contributed by atoms with E-state index in [4.69, 9.17) is 11.1 Å². The number of rotatable bonds is 4. The maximum absolute atomic E-state index is 10.8. The van der Waals surface area contributed by atoms with E-state index in [9.17, 15) is 27.9 Å². The van der Waals surface area contributed by atoms with Gasteiger partial charge >= 0.3 is 11.1 Å². The van der Waals surface area contributed by atoms with E-state index in [1.165, 1.54) is 7.11 Å². The van der Waals surface area contributed by atoms with Crippen molar-refractivity contribution in [3.05, 3.63) is 45.4 Å². The Bertz CT molecular complexity index is 742. The number of esters is 1. The Labute approximate surface area is 142 Å². The lowest BCUT2D eigenvalue weighted by molar-refractivity contribution is -0.384. The molecule has 24 heavy (non-hydrogen) atoms. The zero-order valence-corrected chi connectivity index (χ0v) is 14.3. The van der Waals surface area contributed by atoms with Crippen LogP contribution in [0.2, 0.25) is 0 Å². The maximum atomic E-state index is 10.8. The van der Waals surface area contributed by atoms with Gasteiger partial charge in [-0.2, -0.15) is 0 Å². The van der Waals surface area contributed by atoms with Crippen molar-refractivity contribution in [1.29, 1.82) is 0 Å². The molecule has 12 heteroatoms. The Morgan fingerprint density at radius 2 is 1.88 bits per heavy atom. The molecule has 0 saturated heterocycles. The first-order chi connectivity index (χ1) is 11.0. The molecule has 0 radical (unpaired) electrons. The number of nitrogens with two attached hydrogens (primary N) is 2. The number of amidine groups is 1. The predicted octanol–water partition coefficient (Wildman–Crippen LogP) is -0.631. The summed E-state index contributed by atoms with van der Waals surface area (Å²) in [5.41, 5.74) is 4.91. The summed E-state index contributed by atoms with van der Waals surface area (Å²) in [7, 11) is -3.21. The van der Waals surface area contributed by atoms with Gasteiger partial charge in [0.25, 0.3) is 5.69 Å². The van der Waals surface area contributed by atoms with Gasteiger partial charge < -0.3 is 9.29 Å². The highest BCUT2D eigenvalue weighted by atomic mass is 32.2. The van der Waals surface area contributed by atoms with Crippen LogP contribution in [0, 0.1) is 10.1 Å². The highest BCUT2D eigenvalue weighted by molar-refractivity contribution is 8.17. The topological polar surface area (TPSA) is 178 Å². The fourth-order valence-electron chi connectivity index (χ4n) is 1.18. The average Bonchev–Trinajstić information content (AvgIpc) is 2.51. The molecule has 1 aromatic carbocycles. The highest BCUT2D eigenvalue weighted by Crippen LogP contribution is 2.15.